The molecule has 26 heavy (non-hydrogen) atoms. The van der Waals surface area contributed by atoms with Gasteiger partial charge in [-0.25, -0.2) is 4.98 Å². The standard InChI is InChI=1S/C21H20N4O/c22-13-15-1-6-19-17(14-25-7-9-26-10-8-25)12-20(24-21(19)11-15)16-2-4-18(23)5-3-16/h1-6,11-12H,7-10,14,23H2. The van der Waals surface area contributed by atoms with E-state index in [2.05, 4.69) is 17.0 Å². The first-order valence-corrected chi connectivity index (χ1v) is 8.73. The first-order chi connectivity index (χ1) is 12.7. The molecule has 1 aliphatic rings. The zero-order chi connectivity index (χ0) is 17.9. The number of morpholine rings is 1. The molecule has 2 aromatic carbocycles. The van der Waals surface area contributed by atoms with Crippen LogP contribution in [0, 0.1) is 11.3 Å². The molecular weight excluding hydrogens is 324 g/mol. The summed E-state index contributed by atoms with van der Waals surface area (Å²) in [6, 6.07) is 17.8. The Morgan fingerprint density at radius 2 is 1.85 bits per heavy atom. The van der Waals surface area contributed by atoms with Gasteiger partial charge in [0.05, 0.1) is 36.1 Å². The van der Waals surface area contributed by atoms with Crippen LogP contribution >= 0.6 is 0 Å². The van der Waals surface area contributed by atoms with Gasteiger partial charge < -0.3 is 10.5 Å². The highest BCUT2D eigenvalue weighted by Crippen LogP contribution is 2.27. The summed E-state index contributed by atoms with van der Waals surface area (Å²) in [5, 5.41) is 10.3. The van der Waals surface area contributed by atoms with Crippen molar-refractivity contribution in [1.29, 1.82) is 5.26 Å². The van der Waals surface area contributed by atoms with Crippen LogP contribution in [0.4, 0.5) is 5.69 Å². The largest absolute Gasteiger partial charge is 0.399 e. The Hall–Kier alpha value is -2.94. The van der Waals surface area contributed by atoms with Gasteiger partial charge >= 0.3 is 0 Å². The second kappa shape index (κ2) is 7.12. The van der Waals surface area contributed by atoms with Crippen molar-refractivity contribution in [1.82, 2.24) is 9.88 Å². The molecule has 0 unspecified atom stereocenters. The molecule has 2 N–H and O–H groups in total. The average Bonchev–Trinajstić information content (AvgIpc) is 2.68. The zero-order valence-corrected chi connectivity index (χ0v) is 14.5. The van der Waals surface area contributed by atoms with E-state index in [9.17, 15) is 5.26 Å². The quantitative estimate of drug-likeness (QED) is 0.739. The fourth-order valence-electron chi connectivity index (χ4n) is 3.30. The summed E-state index contributed by atoms with van der Waals surface area (Å²) in [6.07, 6.45) is 0. The molecular formula is C21H20N4O. The Morgan fingerprint density at radius 1 is 1.08 bits per heavy atom. The number of hydrogen-bond donors (Lipinski definition) is 1. The van der Waals surface area contributed by atoms with Crippen LogP contribution in [0.25, 0.3) is 22.2 Å². The number of benzene rings is 2. The van der Waals surface area contributed by atoms with E-state index in [1.54, 1.807) is 0 Å². The molecule has 0 spiro atoms. The van der Waals surface area contributed by atoms with E-state index in [1.807, 2.05) is 42.5 Å². The average molecular weight is 344 g/mol. The smallest absolute Gasteiger partial charge is 0.0992 e. The topological polar surface area (TPSA) is 75.2 Å². The maximum Gasteiger partial charge on any atom is 0.0992 e. The third kappa shape index (κ3) is 3.38. The summed E-state index contributed by atoms with van der Waals surface area (Å²) in [7, 11) is 0. The lowest BCUT2D eigenvalue weighted by Gasteiger charge is -2.27. The van der Waals surface area contributed by atoms with Crippen LogP contribution in [0.15, 0.2) is 48.5 Å². The van der Waals surface area contributed by atoms with Gasteiger partial charge in [0, 0.05) is 36.3 Å². The number of ether oxygens (including phenoxy) is 1. The van der Waals surface area contributed by atoms with E-state index in [4.69, 9.17) is 15.5 Å². The predicted octanol–water partition coefficient (Wildman–Crippen LogP) is 3.19. The third-order valence-electron chi connectivity index (χ3n) is 4.73. The molecule has 4 rings (SSSR count). The summed E-state index contributed by atoms with van der Waals surface area (Å²) < 4.78 is 5.46. The van der Waals surface area contributed by atoms with Crippen LogP contribution in [-0.2, 0) is 11.3 Å². The van der Waals surface area contributed by atoms with Crippen molar-refractivity contribution in [3.8, 4) is 17.3 Å². The Morgan fingerprint density at radius 3 is 2.58 bits per heavy atom. The molecule has 0 amide bonds. The van der Waals surface area contributed by atoms with Gasteiger partial charge in [-0.2, -0.15) is 5.26 Å². The molecule has 5 heteroatoms. The lowest BCUT2D eigenvalue weighted by atomic mass is 10.0. The van der Waals surface area contributed by atoms with Crippen molar-refractivity contribution >= 4 is 16.6 Å². The number of pyridine rings is 1. The molecule has 5 nitrogen and oxygen atoms in total. The fourth-order valence-corrected chi connectivity index (χ4v) is 3.30. The maximum atomic E-state index is 9.23. The number of aromatic nitrogens is 1. The predicted molar refractivity (Wildman–Crippen MR) is 102 cm³/mol. The highest BCUT2D eigenvalue weighted by atomic mass is 16.5. The van der Waals surface area contributed by atoms with Crippen LogP contribution in [0.3, 0.4) is 0 Å². The van der Waals surface area contributed by atoms with E-state index in [0.717, 1.165) is 60.7 Å². The van der Waals surface area contributed by atoms with Gasteiger partial charge in [0.25, 0.3) is 0 Å². The van der Waals surface area contributed by atoms with Gasteiger partial charge in [-0.3, -0.25) is 4.90 Å². The van der Waals surface area contributed by atoms with Crippen molar-refractivity contribution in [3.05, 3.63) is 59.7 Å². The number of nitrogen functional groups attached to an aromatic ring is 1. The van der Waals surface area contributed by atoms with E-state index < -0.39 is 0 Å². The molecule has 3 aromatic rings. The minimum absolute atomic E-state index is 0.622. The molecule has 1 aliphatic heterocycles. The number of nitrogens with two attached hydrogens (primary N) is 1. The molecule has 0 radical (unpaired) electrons. The van der Waals surface area contributed by atoms with E-state index in [0.29, 0.717) is 5.56 Å². The van der Waals surface area contributed by atoms with E-state index >= 15 is 0 Å². The maximum absolute atomic E-state index is 9.23. The SMILES string of the molecule is N#Cc1ccc2c(CN3CCOCC3)cc(-c3ccc(N)cc3)nc2c1. The number of rotatable bonds is 3. The van der Waals surface area contributed by atoms with Gasteiger partial charge in [0.1, 0.15) is 0 Å². The summed E-state index contributed by atoms with van der Waals surface area (Å²) in [6.45, 7) is 4.24. The summed E-state index contributed by atoms with van der Waals surface area (Å²) in [5.41, 5.74) is 11.1. The minimum Gasteiger partial charge on any atom is -0.399 e. The molecule has 1 aromatic heterocycles. The Kier molecular flexibility index (Phi) is 4.53. The van der Waals surface area contributed by atoms with Crippen molar-refractivity contribution in [2.45, 2.75) is 6.54 Å². The Bertz CT molecular complexity index is 970. The summed E-state index contributed by atoms with van der Waals surface area (Å²) in [4.78, 5) is 7.19. The number of fused-ring (bicyclic) bond motifs is 1. The van der Waals surface area contributed by atoms with E-state index in [-0.39, 0.29) is 0 Å². The van der Waals surface area contributed by atoms with Crippen LogP contribution in [0.2, 0.25) is 0 Å². The molecule has 1 fully saturated rings. The summed E-state index contributed by atoms with van der Waals surface area (Å²) in [5.74, 6) is 0. The van der Waals surface area contributed by atoms with Crippen molar-refractivity contribution in [2.75, 3.05) is 32.0 Å². The van der Waals surface area contributed by atoms with Crippen molar-refractivity contribution in [3.63, 3.8) is 0 Å². The van der Waals surface area contributed by atoms with Crippen molar-refractivity contribution < 1.29 is 4.74 Å². The second-order valence-electron chi connectivity index (χ2n) is 6.52. The van der Waals surface area contributed by atoms with Crippen LogP contribution in [0.5, 0.6) is 0 Å². The first kappa shape index (κ1) is 16.5. The highest BCUT2D eigenvalue weighted by Gasteiger charge is 2.14. The molecule has 0 aliphatic carbocycles. The van der Waals surface area contributed by atoms with Gasteiger partial charge in [-0.1, -0.05) is 18.2 Å². The third-order valence-corrected chi connectivity index (χ3v) is 4.73. The first-order valence-electron chi connectivity index (χ1n) is 8.73. The zero-order valence-electron chi connectivity index (χ0n) is 14.5. The highest BCUT2D eigenvalue weighted by molar-refractivity contribution is 5.86. The number of anilines is 1. The molecule has 0 bridgehead atoms. The van der Waals surface area contributed by atoms with Gasteiger partial charge in [-0.15, -0.1) is 0 Å². The van der Waals surface area contributed by atoms with Crippen LogP contribution < -0.4 is 5.73 Å². The summed E-state index contributed by atoms with van der Waals surface area (Å²) >= 11 is 0. The van der Waals surface area contributed by atoms with Gasteiger partial charge in [-0.05, 0) is 35.9 Å². The van der Waals surface area contributed by atoms with E-state index in [1.165, 1.54) is 5.56 Å². The second-order valence-corrected chi connectivity index (χ2v) is 6.52. The van der Waals surface area contributed by atoms with Gasteiger partial charge in [0.15, 0.2) is 0 Å². The van der Waals surface area contributed by atoms with Crippen molar-refractivity contribution in [2.24, 2.45) is 0 Å². The van der Waals surface area contributed by atoms with Gasteiger partial charge in [0.2, 0.25) is 0 Å². The lowest BCUT2D eigenvalue weighted by Crippen LogP contribution is -2.35. The number of nitriles is 1. The number of hydrogen-bond acceptors (Lipinski definition) is 5. The molecule has 0 atom stereocenters. The Labute approximate surface area is 152 Å². The monoisotopic (exact) mass is 344 g/mol. The fraction of sp³-hybridized carbons (Fsp3) is 0.238. The molecule has 1 saturated heterocycles. The lowest BCUT2D eigenvalue weighted by molar-refractivity contribution is 0.0344. The number of nitrogens with zero attached hydrogens (tertiary/aromatic N) is 3. The Balaban J connectivity index is 1.81. The minimum atomic E-state index is 0.622. The van der Waals surface area contributed by atoms with Crippen LogP contribution in [0.1, 0.15) is 11.1 Å². The molecule has 0 saturated carbocycles. The molecule has 2 heterocycles. The van der Waals surface area contributed by atoms with Crippen LogP contribution in [-0.4, -0.2) is 36.2 Å². The normalized spacial score (nSPS) is 15.0. The molecule has 130 valence electrons.